The highest BCUT2D eigenvalue weighted by molar-refractivity contribution is 7.10. The maximum Gasteiger partial charge on any atom is 0.193 e. The van der Waals surface area contributed by atoms with Crippen LogP contribution in [-0.4, -0.2) is 49.7 Å². The highest BCUT2D eigenvalue weighted by Gasteiger charge is 2.24. The van der Waals surface area contributed by atoms with Crippen molar-refractivity contribution < 1.29 is 4.74 Å². The topological polar surface area (TPSA) is 36.9 Å². The molecule has 23 heavy (non-hydrogen) atoms. The minimum atomic E-state index is 0.0818. The van der Waals surface area contributed by atoms with E-state index >= 15 is 0 Å². The second-order valence-corrected chi connectivity index (χ2v) is 7.62. The van der Waals surface area contributed by atoms with Gasteiger partial charge in [0.2, 0.25) is 0 Å². The maximum atomic E-state index is 5.75. The molecule has 5 heteroatoms. The van der Waals surface area contributed by atoms with Crippen LogP contribution >= 0.6 is 11.3 Å². The zero-order chi connectivity index (χ0) is 16.7. The average Bonchev–Trinajstić information content (AvgIpc) is 3.08. The lowest BCUT2D eigenvalue weighted by atomic mass is 9.92. The molecule has 1 N–H and O–H groups in total. The van der Waals surface area contributed by atoms with Crippen LogP contribution in [0.2, 0.25) is 0 Å². The van der Waals surface area contributed by atoms with E-state index < -0.39 is 0 Å². The molecule has 130 valence electrons. The lowest BCUT2D eigenvalue weighted by molar-refractivity contribution is 0.0263. The van der Waals surface area contributed by atoms with Crippen molar-refractivity contribution in [3.05, 3.63) is 22.4 Å². The molecule has 0 atom stereocenters. The predicted octanol–water partition coefficient (Wildman–Crippen LogP) is 3.49. The molecule has 1 aliphatic rings. The monoisotopic (exact) mass is 337 g/mol. The first-order chi connectivity index (χ1) is 11.1. The van der Waals surface area contributed by atoms with Gasteiger partial charge in [-0.1, -0.05) is 19.9 Å². The van der Waals surface area contributed by atoms with Gasteiger partial charge >= 0.3 is 0 Å². The SMILES string of the molecule is CCNC(=NCC(C)(C)c1cccs1)N1CCC(OCC)CC1. The summed E-state index contributed by atoms with van der Waals surface area (Å²) in [5.41, 5.74) is 0.0818. The van der Waals surface area contributed by atoms with Gasteiger partial charge in [-0.15, -0.1) is 11.3 Å². The number of ether oxygens (including phenoxy) is 1. The molecule has 0 saturated carbocycles. The Kier molecular flexibility index (Phi) is 6.90. The number of aliphatic imine (C=N–C) groups is 1. The van der Waals surface area contributed by atoms with E-state index in [1.54, 1.807) is 0 Å². The van der Waals surface area contributed by atoms with E-state index in [4.69, 9.17) is 9.73 Å². The van der Waals surface area contributed by atoms with Gasteiger partial charge in [0.25, 0.3) is 0 Å². The molecule has 0 bridgehead atoms. The van der Waals surface area contributed by atoms with Crippen LogP contribution in [0.4, 0.5) is 0 Å². The average molecular weight is 338 g/mol. The number of likely N-dealkylation sites (tertiary alicyclic amines) is 1. The summed E-state index contributed by atoms with van der Waals surface area (Å²) in [6, 6.07) is 4.33. The van der Waals surface area contributed by atoms with Crippen LogP contribution in [-0.2, 0) is 10.2 Å². The Bertz CT molecular complexity index is 476. The van der Waals surface area contributed by atoms with E-state index in [2.05, 4.69) is 55.4 Å². The van der Waals surface area contributed by atoms with Gasteiger partial charge in [-0.2, -0.15) is 0 Å². The fourth-order valence-electron chi connectivity index (χ4n) is 2.91. The Balaban J connectivity index is 1.98. The van der Waals surface area contributed by atoms with Gasteiger partial charge < -0.3 is 15.0 Å². The lowest BCUT2D eigenvalue weighted by Crippen LogP contribution is -2.47. The molecule has 1 fully saturated rings. The Labute approximate surface area is 144 Å². The third-order valence-corrected chi connectivity index (χ3v) is 5.53. The molecule has 2 heterocycles. The summed E-state index contributed by atoms with van der Waals surface area (Å²) in [5, 5.41) is 5.60. The van der Waals surface area contributed by atoms with Gasteiger partial charge in [0, 0.05) is 36.5 Å². The summed E-state index contributed by atoms with van der Waals surface area (Å²) in [5.74, 6) is 1.05. The number of thiophene rings is 1. The zero-order valence-corrected chi connectivity index (χ0v) is 15.8. The van der Waals surface area contributed by atoms with Crippen LogP contribution in [0.3, 0.4) is 0 Å². The number of nitrogens with one attached hydrogen (secondary N) is 1. The van der Waals surface area contributed by atoms with Crippen molar-refractivity contribution in [1.29, 1.82) is 0 Å². The third-order valence-electron chi connectivity index (χ3n) is 4.29. The molecule has 0 aromatic carbocycles. The molecule has 2 rings (SSSR count). The molecule has 1 aromatic rings. The summed E-state index contributed by atoms with van der Waals surface area (Å²) in [4.78, 5) is 8.71. The highest BCUT2D eigenvalue weighted by atomic mass is 32.1. The number of piperidine rings is 1. The summed E-state index contributed by atoms with van der Waals surface area (Å²) in [6.07, 6.45) is 2.60. The van der Waals surface area contributed by atoms with Crippen LogP contribution in [0.1, 0.15) is 45.4 Å². The van der Waals surface area contributed by atoms with Crippen molar-refractivity contribution in [2.75, 3.05) is 32.8 Å². The van der Waals surface area contributed by atoms with E-state index in [-0.39, 0.29) is 5.41 Å². The predicted molar refractivity (Wildman–Crippen MR) is 99.5 cm³/mol. The van der Waals surface area contributed by atoms with E-state index in [0.29, 0.717) is 6.10 Å². The molecular formula is C18H31N3OS. The first kappa shape index (κ1) is 18.3. The van der Waals surface area contributed by atoms with Crippen molar-refractivity contribution in [3.63, 3.8) is 0 Å². The number of hydrogen-bond donors (Lipinski definition) is 1. The van der Waals surface area contributed by atoms with E-state index in [0.717, 1.165) is 51.6 Å². The van der Waals surface area contributed by atoms with E-state index in [9.17, 15) is 0 Å². The molecule has 0 spiro atoms. The summed E-state index contributed by atoms with van der Waals surface area (Å²) in [7, 11) is 0. The summed E-state index contributed by atoms with van der Waals surface area (Å²) >= 11 is 1.82. The fourth-order valence-corrected chi connectivity index (χ4v) is 3.75. The Morgan fingerprint density at radius 1 is 1.39 bits per heavy atom. The molecule has 0 amide bonds. The van der Waals surface area contributed by atoms with Crippen molar-refractivity contribution in [2.24, 2.45) is 4.99 Å². The van der Waals surface area contributed by atoms with Crippen LogP contribution in [0, 0.1) is 0 Å². The summed E-state index contributed by atoms with van der Waals surface area (Å²) < 4.78 is 5.75. The van der Waals surface area contributed by atoms with Gasteiger partial charge in [-0.25, -0.2) is 0 Å². The van der Waals surface area contributed by atoms with Crippen LogP contribution in [0.15, 0.2) is 22.5 Å². The number of guanidine groups is 1. The second-order valence-electron chi connectivity index (χ2n) is 6.67. The molecule has 0 radical (unpaired) electrons. The Hall–Kier alpha value is -1.07. The Morgan fingerprint density at radius 2 is 2.13 bits per heavy atom. The molecule has 0 unspecified atom stereocenters. The fraction of sp³-hybridized carbons (Fsp3) is 0.722. The first-order valence-electron chi connectivity index (χ1n) is 8.75. The molecule has 1 saturated heterocycles. The smallest absolute Gasteiger partial charge is 0.193 e. The maximum absolute atomic E-state index is 5.75. The number of hydrogen-bond acceptors (Lipinski definition) is 3. The van der Waals surface area contributed by atoms with Crippen molar-refractivity contribution in [2.45, 2.75) is 52.1 Å². The van der Waals surface area contributed by atoms with E-state index in [1.165, 1.54) is 4.88 Å². The highest BCUT2D eigenvalue weighted by Crippen LogP contribution is 2.27. The van der Waals surface area contributed by atoms with Gasteiger partial charge in [-0.3, -0.25) is 4.99 Å². The third kappa shape index (κ3) is 5.21. The number of nitrogens with zero attached hydrogens (tertiary/aromatic N) is 2. The van der Waals surface area contributed by atoms with Crippen LogP contribution in [0.25, 0.3) is 0 Å². The van der Waals surface area contributed by atoms with E-state index in [1.807, 2.05) is 11.3 Å². The van der Waals surface area contributed by atoms with Crippen LogP contribution < -0.4 is 5.32 Å². The second kappa shape index (κ2) is 8.69. The van der Waals surface area contributed by atoms with Crippen molar-refractivity contribution in [3.8, 4) is 0 Å². The molecule has 0 aliphatic carbocycles. The minimum Gasteiger partial charge on any atom is -0.378 e. The minimum absolute atomic E-state index is 0.0818. The molecule has 1 aliphatic heterocycles. The van der Waals surface area contributed by atoms with Gasteiger partial charge in [-0.05, 0) is 38.1 Å². The summed E-state index contributed by atoms with van der Waals surface area (Å²) in [6.45, 7) is 13.3. The molecule has 4 nitrogen and oxygen atoms in total. The molecular weight excluding hydrogens is 306 g/mol. The van der Waals surface area contributed by atoms with Gasteiger partial charge in [0.1, 0.15) is 0 Å². The zero-order valence-electron chi connectivity index (χ0n) is 15.0. The largest absolute Gasteiger partial charge is 0.378 e. The number of rotatable bonds is 6. The van der Waals surface area contributed by atoms with Crippen molar-refractivity contribution >= 4 is 17.3 Å². The quantitative estimate of drug-likeness (QED) is 0.638. The van der Waals surface area contributed by atoms with Crippen LogP contribution in [0.5, 0.6) is 0 Å². The van der Waals surface area contributed by atoms with Gasteiger partial charge in [0.05, 0.1) is 12.6 Å². The molecule has 1 aromatic heterocycles. The normalized spacial score (nSPS) is 17.6. The lowest BCUT2D eigenvalue weighted by Gasteiger charge is -2.34. The standard InChI is InChI=1S/C18H31N3OS/c1-5-19-17(21-11-9-15(10-12-21)22-6-2)20-14-18(3,4)16-8-7-13-23-16/h7-8,13,15H,5-6,9-12,14H2,1-4H3,(H,19,20). The van der Waals surface area contributed by atoms with Crippen molar-refractivity contribution in [1.82, 2.24) is 10.2 Å². The first-order valence-corrected chi connectivity index (χ1v) is 9.63. The Morgan fingerprint density at radius 3 is 2.70 bits per heavy atom. The van der Waals surface area contributed by atoms with Gasteiger partial charge in [0.15, 0.2) is 5.96 Å².